The molecular formula is C11H15N3O5S. The van der Waals surface area contributed by atoms with Crippen molar-refractivity contribution in [2.75, 3.05) is 5.32 Å². The van der Waals surface area contributed by atoms with Gasteiger partial charge in [0.2, 0.25) is 15.9 Å². The highest BCUT2D eigenvalue weighted by molar-refractivity contribution is 7.89. The van der Waals surface area contributed by atoms with E-state index in [1.165, 1.54) is 24.3 Å². The van der Waals surface area contributed by atoms with E-state index in [0.717, 1.165) is 0 Å². The molecule has 0 saturated heterocycles. The highest BCUT2D eigenvalue weighted by Crippen LogP contribution is 2.13. The number of hydrogen-bond donors (Lipinski definition) is 4. The summed E-state index contributed by atoms with van der Waals surface area (Å²) in [5.41, 5.74) is 5.65. The predicted molar refractivity (Wildman–Crippen MR) is 71.3 cm³/mol. The minimum Gasteiger partial charge on any atom is -0.480 e. The lowest BCUT2D eigenvalue weighted by Gasteiger charge is -2.08. The molecular weight excluding hydrogens is 286 g/mol. The van der Waals surface area contributed by atoms with Gasteiger partial charge in [-0.25, -0.2) is 13.6 Å². The number of nitrogens with one attached hydrogen (secondary N) is 1. The number of carbonyl (C=O) groups is 2. The fraction of sp³-hybridized carbons (Fsp3) is 0.273. The Morgan fingerprint density at radius 2 is 1.80 bits per heavy atom. The normalized spacial score (nSPS) is 12.7. The minimum absolute atomic E-state index is 0.0103. The Kier molecular flexibility index (Phi) is 5.19. The first-order chi connectivity index (χ1) is 9.20. The largest absolute Gasteiger partial charge is 0.480 e. The summed E-state index contributed by atoms with van der Waals surface area (Å²) in [4.78, 5) is 21.9. The molecule has 1 unspecified atom stereocenters. The van der Waals surface area contributed by atoms with Crippen molar-refractivity contribution in [3.63, 3.8) is 0 Å². The highest BCUT2D eigenvalue weighted by Gasteiger charge is 2.13. The van der Waals surface area contributed by atoms with Crippen LogP contribution >= 0.6 is 0 Å². The first kappa shape index (κ1) is 16.1. The summed E-state index contributed by atoms with van der Waals surface area (Å²) in [6.45, 7) is 0. The molecule has 0 aliphatic carbocycles. The molecule has 0 radical (unpaired) electrons. The number of carbonyl (C=O) groups excluding carboxylic acids is 1. The zero-order valence-electron chi connectivity index (χ0n) is 10.4. The zero-order valence-corrected chi connectivity index (χ0v) is 11.3. The molecule has 0 heterocycles. The number of primary sulfonamides is 1. The number of nitrogens with two attached hydrogens (primary N) is 2. The van der Waals surface area contributed by atoms with Crippen LogP contribution in [0.25, 0.3) is 0 Å². The number of benzene rings is 1. The lowest BCUT2D eigenvalue weighted by Crippen LogP contribution is -2.31. The second-order valence-corrected chi connectivity index (χ2v) is 5.66. The molecule has 0 aliphatic heterocycles. The van der Waals surface area contributed by atoms with Crippen LogP contribution in [0.2, 0.25) is 0 Å². The van der Waals surface area contributed by atoms with Gasteiger partial charge in [-0.15, -0.1) is 0 Å². The number of carboxylic acid groups (broad SMARTS) is 1. The molecule has 9 heteroatoms. The van der Waals surface area contributed by atoms with Gasteiger partial charge in [-0.1, -0.05) is 0 Å². The van der Waals surface area contributed by atoms with Gasteiger partial charge in [0, 0.05) is 12.1 Å². The van der Waals surface area contributed by atoms with Gasteiger partial charge >= 0.3 is 5.97 Å². The highest BCUT2D eigenvalue weighted by atomic mass is 32.2. The van der Waals surface area contributed by atoms with Crippen LogP contribution in [0.1, 0.15) is 12.8 Å². The van der Waals surface area contributed by atoms with Crippen molar-refractivity contribution in [1.82, 2.24) is 0 Å². The van der Waals surface area contributed by atoms with E-state index >= 15 is 0 Å². The molecule has 0 aliphatic rings. The zero-order chi connectivity index (χ0) is 15.3. The van der Waals surface area contributed by atoms with E-state index in [9.17, 15) is 18.0 Å². The summed E-state index contributed by atoms with van der Waals surface area (Å²) in [5, 5.41) is 16.0. The van der Waals surface area contributed by atoms with Crippen molar-refractivity contribution in [2.45, 2.75) is 23.8 Å². The average Bonchev–Trinajstić information content (AvgIpc) is 2.35. The van der Waals surface area contributed by atoms with Gasteiger partial charge < -0.3 is 16.2 Å². The van der Waals surface area contributed by atoms with E-state index in [0.29, 0.717) is 5.69 Å². The third-order valence-electron chi connectivity index (χ3n) is 2.47. The fourth-order valence-electron chi connectivity index (χ4n) is 1.36. The number of hydrogen-bond acceptors (Lipinski definition) is 5. The first-order valence-corrected chi connectivity index (χ1v) is 7.16. The fourth-order valence-corrected chi connectivity index (χ4v) is 1.88. The molecule has 0 spiro atoms. The second kappa shape index (κ2) is 6.46. The molecule has 0 bridgehead atoms. The number of amides is 1. The maximum atomic E-state index is 11.5. The summed E-state index contributed by atoms with van der Waals surface area (Å²) in [6.07, 6.45) is -0.0408. The van der Waals surface area contributed by atoms with Crippen LogP contribution in [-0.4, -0.2) is 31.4 Å². The average molecular weight is 301 g/mol. The van der Waals surface area contributed by atoms with E-state index in [4.69, 9.17) is 16.0 Å². The van der Waals surface area contributed by atoms with Crippen LogP contribution in [0.3, 0.4) is 0 Å². The molecule has 1 aromatic carbocycles. The molecule has 0 saturated carbocycles. The SMILES string of the molecule is NC(CCC(=O)Nc1ccc(S(N)(=O)=O)cc1)C(=O)O. The predicted octanol–water partition coefficient (Wildman–Crippen LogP) is -0.535. The molecule has 1 rings (SSSR count). The van der Waals surface area contributed by atoms with Gasteiger partial charge in [-0.05, 0) is 30.7 Å². The molecule has 6 N–H and O–H groups in total. The van der Waals surface area contributed by atoms with E-state index in [1.54, 1.807) is 0 Å². The van der Waals surface area contributed by atoms with E-state index < -0.39 is 27.9 Å². The molecule has 1 atom stereocenters. The van der Waals surface area contributed by atoms with Crippen LogP contribution in [-0.2, 0) is 19.6 Å². The van der Waals surface area contributed by atoms with Crippen molar-refractivity contribution in [3.05, 3.63) is 24.3 Å². The van der Waals surface area contributed by atoms with Gasteiger partial charge in [-0.2, -0.15) is 0 Å². The molecule has 8 nitrogen and oxygen atoms in total. The third kappa shape index (κ3) is 4.96. The number of aliphatic carboxylic acids is 1. The van der Waals surface area contributed by atoms with Gasteiger partial charge in [0.1, 0.15) is 6.04 Å². The third-order valence-corrected chi connectivity index (χ3v) is 3.40. The van der Waals surface area contributed by atoms with Crippen LogP contribution in [0.5, 0.6) is 0 Å². The van der Waals surface area contributed by atoms with Crippen LogP contribution < -0.4 is 16.2 Å². The van der Waals surface area contributed by atoms with E-state index in [-0.39, 0.29) is 17.7 Å². The van der Waals surface area contributed by atoms with Crippen LogP contribution in [0, 0.1) is 0 Å². The summed E-state index contributed by atoms with van der Waals surface area (Å²) < 4.78 is 22.1. The monoisotopic (exact) mass is 301 g/mol. The summed E-state index contributed by atoms with van der Waals surface area (Å²) >= 11 is 0. The molecule has 1 amide bonds. The summed E-state index contributed by atoms with van der Waals surface area (Å²) in [5.74, 6) is -1.58. The summed E-state index contributed by atoms with van der Waals surface area (Å²) in [7, 11) is -3.77. The topological polar surface area (TPSA) is 153 Å². The Morgan fingerprint density at radius 3 is 2.25 bits per heavy atom. The minimum atomic E-state index is -3.77. The summed E-state index contributed by atoms with van der Waals surface area (Å²) in [6, 6.07) is 4.19. The Labute approximate surface area is 115 Å². The smallest absolute Gasteiger partial charge is 0.320 e. The number of anilines is 1. The second-order valence-electron chi connectivity index (χ2n) is 4.10. The van der Waals surface area contributed by atoms with Gasteiger partial charge in [0.15, 0.2) is 0 Å². The molecule has 1 aromatic rings. The van der Waals surface area contributed by atoms with Gasteiger partial charge in [0.25, 0.3) is 0 Å². The number of rotatable bonds is 6. The van der Waals surface area contributed by atoms with Gasteiger partial charge in [-0.3, -0.25) is 9.59 Å². The molecule has 0 fully saturated rings. The maximum absolute atomic E-state index is 11.5. The van der Waals surface area contributed by atoms with Crippen LogP contribution in [0.4, 0.5) is 5.69 Å². The Balaban J connectivity index is 2.57. The quantitative estimate of drug-likeness (QED) is 0.553. The molecule has 110 valence electrons. The lowest BCUT2D eigenvalue weighted by molar-refractivity contribution is -0.138. The van der Waals surface area contributed by atoms with E-state index in [1.807, 2.05) is 0 Å². The number of sulfonamides is 1. The van der Waals surface area contributed by atoms with Crippen LogP contribution in [0.15, 0.2) is 29.2 Å². The Morgan fingerprint density at radius 1 is 1.25 bits per heavy atom. The van der Waals surface area contributed by atoms with Crippen molar-refractivity contribution in [3.8, 4) is 0 Å². The van der Waals surface area contributed by atoms with Crippen molar-refractivity contribution >= 4 is 27.6 Å². The van der Waals surface area contributed by atoms with Crippen molar-refractivity contribution in [1.29, 1.82) is 0 Å². The standard InChI is InChI=1S/C11H15N3O5S/c12-9(11(16)17)5-6-10(15)14-7-1-3-8(4-2-7)20(13,18)19/h1-4,9H,5-6,12H2,(H,14,15)(H,16,17)(H2,13,18,19). The number of carboxylic acids is 1. The maximum Gasteiger partial charge on any atom is 0.320 e. The molecule has 20 heavy (non-hydrogen) atoms. The Bertz CT molecular complexity index is 597. The molecule has 0 aromatic heterocycles. The van der Waals surface area contributed by atoms with Gasteiger partial charge in [0.05, 0.1) is 4.90 Å². The first-order valence-electron chi connectivity index (χ1n) is 5.61. The van der Waals surface area contributed by atoms with Crippen molar-refractivity contribution < 1.29 is 23.1 Å². The van der Waals surface area contributed by atoms with E-state index in [2.05, 4.69) is 5.32 Å². The van der Waals surface area contributed by atoms with Crippen molar-refractivity contribution in [2.24, 2.45) is 10.9 Å². The lowest BCUT2D eigenvalue weighted by atomic mass is 10.1. The Hall–Kier alpha value is -1.97.